The number of aliphatic hydroxyl groups excluding tert-OH is 1. The van der Waals surface area contributed by atoms with Crippen molar-refractivity contribution in [3.05, 3.63) is 29.8 Å². The number of hydrogen-bond acceptors (Lipinski definition) is 6. The van der Waals surface area contributed by atoms with Crippen LogP contribution in [0.15, 0.2) is 24.3 Å². The standard InChI is InChI=1S/C27H39FN2O6Si/c1-18-25(37(3,4)28)22(16-23(32)29-15-9-10-19(29)17-31)36-27(18)20-11-5-6-12-21(20)30(26(27)34)14-8-7-13-24(33)35-2/h5-6,11-12,18-19,22,25,31H,7-10,13-17H2,1-4H3/t18-,19+,22+,25-,27+/m1/s1. The number of para-hydroxylation sites is 1. The highest BCUT2D eigenvalue weighted by molar-refractivity contribution is 6.72. The lowest BCUT2D eigenvalue weighted by molar-refractivity contribution is -0.150. The van der Waals surface area contributed by atoms with Crippen LogP contribution in [0.5, 0.6) is 0 Å². The Morgan fingerprint density at radius 2 is 2.00 bits per heavy atom. The van der Waals surface area contributed by atoms with Crippen molar-refractivity contribution in [1.29, 1.82) is 0 Å². The molecule has 0 radical (unpaired) electrons. The molecule has 0 unspecified atom stereocenters. The quantitative estimate of drug-likeness (QED) is 0.225. The summed E-state index contributed by atoms with van der Waals surface area (Å²) in [5.74, 6) is -1.14. The smallest absolute Gasteiger partial charge is 0.305 e. The predicted molar refractivity (Wildman–Crippen MR) is 139 cm³/mol. The molecule has 5 atom stereocenters. The molecule has 2 amide bonds. The maximum absolute atomic E-state index is 15.9. The summed E-state index contributed by atoms with van der Waals surface area (Å²) in [4.78, 5) is 42.3. The van der Waals surface area contributed by atoms with Gasteiger partial charge in [-0.1, -0.05) is 25.1 Å². The first-order chi connectivity index (χ1) is 17.6. The number of benzene rings is 1. The van der Waals surface area contributed by atoms with Crippen LogP contribution in [0, 0.1) is 5.92 Å². The molecule has 3 aliphatic rings. The van der Waals surface area contributed by atoms with E-state index in [0.717, 1.165) is 18.5 Å². The van der Waals surface area contributed by atoms with Gasteiger partial charge in [-0.3, -0.25) is 14.4 Å². The number of amides is 2. The average molecular weight is 535 g/mol. The normalized spacial score (nSPS) is 29.3. The minimum Gasteiger partial charge on any atom is -0.469 e. The van der Waals surface area contributed by atoms with E-state index in [1.807, 2.05) is 31.2 Å². The molecule has 0 saturated carbocycles. The molecule has 1 spiro atoms. The third-order valence-electron chi connectivity index (χ3n) is 8.39. The Labute approximate surface area is 219 Å². The van der Waals surface area contributed by atoms with E-state index in [1.54, 1.807) is 22.9 Å². The fourth-order valence-corrected chi connectivity index (χ4v) is 9.20. The number of fused-ring (bicyclic) bond motifs is 2. The van der Waals surface area contributed by atoms with Gasteiger partial charge in [-0.25, -0.2) is 0 Å². The lowest BCUT2D eigenvalue weighted by Gasteiger charge is -2.31. The SMILES string of the molecule is COC(=O)CCCCN1C(=O)[C@@]2(O[C@@H](CC(=O)N3CCC[C@H]3CO)[C@H]([Si](C)(C)F)[C@H]2C)c2ccccc21. The number of nitrogens with zero attached hydrogens (tertiary/aromatic N) is 2. The van der Waals surface area contributed by atoms with Crippen LogP contribution in [0.3, 0.4) is 0 Å². The third-order valence-corrected chi connectivity index (χ3v) is 10.8. The second-order valence-corrected chi connectivity index (χ2v) is 14.8. The van der Waals surface area contributed by atoms with E-state index in [-0.39, 0.29) is 43.3 Å². The summed E-state index contributed by atoms with van der Waals surface area (Å²) in [5.41, 5.74) is -0.455. The number of methoxy groups -OCH3 is 1. The van der Waals surface area contributed by atoms with Crippen LogP contribution in [0.1, 0.15) is 51.0 Å². The van der Waals surface area contributed by atoms with Crippen LogP contribution < -0.4 is 4.90 Å². The van der Waals surface area contributed by atoms with Crippen molar-refractivity contribution in [2.24, 2.45) is 5.92 Å². The molecule has 3 heterocycles. The van der Waals surface area contributed by atoms with Crippen molar-refractivity contribution >= 4 is 31.9 Å². The molecule has 1 N–H and O–H groups in total. The van der Waals surface area contributed by atoms with Gasteiger partial charge in [0.25, 0.3) is 5.91 Å². The molecule has 0 aliphatic carbocycles. The van der Waals surface area contributed by atoms with Gasteiger partial charge < -0.3 is 28.5 Å². The maximum atomic E-state index is 15.9. The van der Waals surface area contributed by atoms with Crippen LogP contribution in [0.25, 0.3) is 0 Å². The largest absolute Gasteiger partial charge is 0.469 e. The first-order valence-corrected chi connectivity index (χ1v) is 16.3. The third kappa shape index (κ3) is 4.95. The maximum Gasteiger partial charge on any atom is 0.305 e. The second-order valence-electron chi connectivity index (χ2n) is 11.0. The summed E-state index contributed by atoms with van der Waals surface area (Å²) in [7, 11) is -2.01. The second kappa shape index (κ2) is 10.8. The summed E-state index contributed by atoms with van der Waals surface area (Å²) in [6.07, 6.45) is 2.29. The number of rotatable bonds is 9. The molecule has 0 bridgehead atoms. The van der Waals surface area contributed by atoms with Crippen molar-refractivity contribution in [1.82, 2.24) is 4.90 Å². The number of halogens is 1. The summed E-state index contributed by atoms with van der Waals surface area (Å²) in [6, 6.07) is 7.24. The highest BCUT2D eigenvalue weighted by atomic mass is 28.4. The lowest BCUT2D eigenvalue weighted by Crippen LogP contribution is -2.45. The topological polar surface area (TPSA) is 96.4 Å². The predicted octanol–water partition coefficient (Wildman–Crippen LogP) is 3.52. The van der Waals surface area contributed by atoms with E-state index in [9.17, 15) is 19.5 Å². The monoisotopic (exact) mass is 534 g/mol. The average Bonchev–Trinajstić information content (AvgIpc) is 3.51. The first-order valence-electron chi connectivity index (χ1n) is 13.3. The van der Waals surface area contributed by atoms with E-state index in [4.69, 9.17) is 9.47 Å². The Bertz CT molecular complexity index is 1030. The number of esters is 1. The van der Waals surface area contributed by atoms with Crippen LogP contribution >= 0.6 is 0 Å². The van der Waals surface area contributed by atoms with E-state index in [1.165, 1.54) is 7.11 Å². The van der Waals surface area contributed by atoms with E-state index in [2.05, 4.69) is 0 Å². The Hall–Kier alpha value is -2.30. The molecule has 2 saturated heterocycles. The molecule has 0 aromatic heterocycles. The van der Waals surface area contributed by atoms with E-state index >= 15 is 4.11 Å². The molecule has 1 aromatic carbocycles. The van der Waals surface area contributed by atoms with E-state index < -0.39 is 31.6 Å². The Morgan fingerprint density at radius 3 is 2.68 bits per heavy atom. The van der Waals surface area contributed by atoms with Crippen molar-refractivity contribution in [2.75, 3.05) is 31.7 Å². The first kappa shape index (κ1) is 27.7. The molecule has 10 heteroatoms. The van der Waals surface area contributed by atoms with Crippen molar-refractivity contribution in [3.63, 3.8) is 0 Å². The Morgan fingerprint density at radius 1 is 1.27 bits per heavy atom. The summed E-state index contributed by atoms with van der Waals surface area (Å²) in [6.45, 7) is 6.00. The van der Waals surface area contributed by atoms with Crippen molar-refractivity contribution < 1.29 is 33.1 Å². The van der Waals surface area contributed by atoms with Gasteiger partial charge >= 0.3 is 5.97 Å². The number of anilines is 1. The van der Waals surface area contributed by atoms with Crippen molar-refractivity contribution in [2.45, 2.75) is 81.8 Å². The number of hydrogen-bond donors (Lipinski definition) is 1. The van der Waals surface area contributed by atoms with Gasteiger partial charge in [0.2, 0.25) is 14.3 Å². The number of aliphatic hydroxyl groups is 1. The highest BCUT2D eigenvalue weighted by Crippen LogP contribution is 2.60. The lowest BCUT2D eigenvalue weighted by atomic mass is 9.82. The zero-order valence-electron chi connectivity index (χ0n) is 22.2. The number of likely N-dealkylation sites (tertiary alicyclic amines) is 1. The van der Waals surface area contributed by atoms with Gasteiger partial charge in [-0.05, 0) is 44.8 Å². The minimum absolute atomic E-state index is 0.0117. The molecular formula is C27H39FN2O6Si. The molecular weight excluding hydrogens is 495 g/mol. The van der Waals surface area contributed by atoms with Crippen molar-refractivity contribution in [3.8, 4) is 0 Å². The summed E-state index contributed by atoms with van der Waals surface area (Å²) < 4.78 is 27.2. The molecule has 8 nitrogen and oxygen atoms in total. The van der Waals surface area contributed by atoms with Gasteiger partial charge in [0.05, 0.1) is 38.0 Å². The zero-order valence-corrected chi connectivity index (χ0v) is 23.2. The Kier molecular flexibility index (Phi) is 8.11. The van der Waals surface area contributed by atoms with Crippen LogP contribution in [0.4, 0.5) is 9.80 Å². The van der Waals surface area contributed by atoms with Gasteiger partial charge in [0.1, 0.15) is 0 Å². The minimum atomic E-state index is -3.36. The number of unbranched alkanes of at least 4 members (excludes halogenated alkanes) is 1. The van der Waals surface area contributed by atoms with Gasteiger partial charge in [-0.15, -0.1) is 0 Å². The highest BCUT2D eigenvalue weighted by Gasteiger charge is 2.66. The number of carbonyl (C=O) groups is 3. The molecule has 3 aliphatic heterocycles. The van der Waals surface area contributed by atoms with Gasteiger partial charge in [0.15, 0.2) is 5.60 Å². The zero-order chi connectivity index (χ0) is 27.0. The van der Waals surface area contributed by atoms with Crippen LogP contribution in [0.2, 0.25) is 18.6 Å². The van der Waals surface area contributed by atoms with Crippen LogP contribution in [-0.4, -0.2) is 75.1 Å². The van der Waals surface area contributed by atoms with Crippen LogP contribution in [-0.2, 0) is 29.5 Å². The van der Waals surface area contributed by atoms with E-state index in [0.29, 0.717) is 31.5 Å². The molecule has 4 rings (SSSR count). The molecule has 204 valence electrons. The molecule has 2 fully saturated rings. The molecule has 37 heavy (non-hydrogen) atoms. The molecule has 1 aromatic rings. The summed E-state index contributed by atoms with van der Waals surface area (Å²) in [5, 5.41) is 9.69. The fraction of sp³-hybridized carbons (Fsp3) is 0.667. The summed E-state index contributed by atoms with van der Waals surface area (Å²) >= 11 is 0. The number of carbonyl (C=O) groups excluding carboxylic acids is 3. The Balaban J connectivity index is 1.62. The van der Waals surface area contributed by atoms with Gasteiger partial charge in [-0.2, -0.15) is 0 Å². The number of ether oxygens (including phenoxy) is 2. The van der Waals surface area contributed by atoms with Gasteiger partial charge in [0, 0.05) is 36.5 Å². The fourth-order valence-electron chi connectivity index (χ4n) is 6.71.